The van der Waals surface area contributed by atoms with E-state index in [4.69, 9.17) is 5.73 Å². The molecule has 0 radical (unpaired) electrons. The summed E-state index contributed by atoms with van der Waals surface area (Å²) in [7, 11) is 1.86. The topological polar surface area (TPSA) is 72.9 Å². The minimum atomic E-state index is -0.267. The molecule has 1 fully saturated rings. The van der Waals surface area contributed by atoms with Gasteiger partial charge in [0.1, 0.15) is 0 Å². The van der Waals surface area contributed by atoms with Crippen molar-refractivity contribution in [1.29, 1.82) is 0 Å². The van der Waals surface area contributed by atoms with E-state index in [2.05, 4.69) is 10.4 Å². The predicted molar refractivity (Wildman–Crippen MR) is 65.1 cm³/mol. The summed E-state index contributed by atoms with van der Waals surface area (Å²) in [5.74, 6) is 0.0376. The van der Waals surface area contributed by atoms with Crippen LogP contribution in [-0.4, -0.2) is 21.2 Å². The van der Waals surface area contributed by atoms with Gasteiger partial charge in [-0.05, 0) is 18.9 Å². The number of carbonyl (C=O) groups is 1. The molecule has 0 unspecified atom stereocenters. The van der Waals surface area contributed by atoms with E-state index >= 15 is 0 Å². The molecule has 0 aromatic carbocycles. The van der Waals surface area contributed by atoms with E-state index in [1.807, 2.05) is 13.1 Å². The molecule has 17 heavy (non-hydrogen) atoms. The first kappa shape index (κ1) is 12.1. The summed E-state index contributed by atoms with van der Waals surface area (Å²) in [5.41, 5.74) is 6.89. The number of carbonyl (C=O) groups excluding carboxylic acids is 1. The first-order chi connectivity index (χ1) is 8.09. The summed E-state index contributed by atoms with van der Waals surface area (Å²) < 4.78 is 1.76. The number of rotatable bonds is 4. The summed E-state index contributed by atoms with van der Waals surface area (Å²) >= 11 is 0. The molecule has 1 saturated carbocycles. The van der Waals surface area contributed by atoms with Gasteiger partial charge in [-0.15, -0.1) is 0 Å². The van der Waals surface area contributed by atoms with E-state index < -0.39 is 0 Å². The zero-order valence-corrected chi connectivity index (χ0v) is 10.3. The van der Waals surface area contributed by atoms with Crippen molar-refractivity contribution in [3.05, 3.63) is 18.0 Å². The van der Waals surface area contributed by atoms with Crippen molar-refractivity contribution in [2.24, 2.45) is 12.8 Å². The summed E-state index contributed by atoms with van der Waals surface area (Å²) in [6.07, 6.45) is 6.38. The molecule has 1 heterocycles. The molecule has 3 N–H and O–H groups in total. The molecule has 94 valence electrons. The summed E-state index contributed by atoms with van der Waals surface area (Å²) in [6, 6.07) is 1.90. The molecule has 2 rings (SSSR count). The van der Waals surface area contributed by atoms with Gasteiger partial charge in [-0.1, -0.05) is 12.8 Å². The van der Waals surface area contributed by atoms with Crippen LogP contribution in [-0.2, 0) is 18.4 Å². The number of nitrogens with one attached hydrogen (secondary N) is 1. The lowest BCUT2D eigenvalue weighted by molar-refractivity contribution is -0.122. The number of aromatic nitrogens is 2. The molecule has 5 nitrogen and oxygen atoms in total. The number of nitrogens with two attached hydrogens (primary N) is 1. The van der Waals surface area contributed by atoms with Crippen LogP contribution in [0.2, 0.25) is 0 Å². The second kappa shape index (κ2) is 4.87. The fourth-order valence-electron chi connectivity index (χ4n) is 2.40. The molecule has 0 aliphatic heterocycles. The number of nitrogens with zero attached hydrogens (tertiary/aromatic N) is 2. The van der Waals surface area contributed by atoms with E-state index in [0.29, 0.717) is 13.0 Å². The highest BCUT2D eigenvalue weighted by Gasteiger charge is 2.31. The van der Waals surface area contributed by atoms with Crippen molar-refractivity contribution in [3.63, 3.8) is 0 Å². The maximum Gasteiger partial charge on any atom is 0.222 e. The van der Waals surface area contributed by atoms with Crippen molar-refractivity contribution in [2.45, 2.75) is 44.2 Å². The molecule has 5 heteroatoms. The molecular weight excluding hydrogens is 216 g/mol. The third-order valence-corrected chi connectivity index (χ3v) is 3.50. The Labute approximate surface area is 101 Å². The molecule has 1 aliphatic carbocycles. The first-order valence-electron chi connectivity index (χ1n) is 6.12. The van der Waals surface area contributed by atoms with Gasteiger partial charge in [-0.2, -0.15) is 5.10 Å². The van der Waals surface area contributed by atoms with Crippen LogP contribution in [0.3, 0.4) is 0 Å². The molecule has 1 amide bonds. The van der Waals surface area contributed by atoms with Crippen LogP contribution in [0.5, 0.6) is 0 Å². The van der Waals surface area contributed by atoms with Gasteiger partial charge in [-0.25, -0.2) is 0 Å². The Kier molecular flexibility index (Phi) is 3.47. The van der Waals surface area contributed by atoms with Crippen molar-refractivity contribution >= 4 is 5.91 Å². The van der Waals surface area contributed by atoms with Gasteiger partial charge in [0.25, 0.3) is 0 Å². The van der Waals surface area contributed by atoms with Gasteiger partial charge in [0, 0.05) is 25.2 Å². The van der Waals surface area contributed by atoms with Crippen LogP contribution in [0.1, 0.15) is 37.8 Å². The van der Waals surface area contributed by atoms with Gasteiger partial charge in [0.15, 0.2) is 0 Å². The van der Waals surface area contributed by atoms with Crippen LogP contribution >= 0.6 is 0 Å². The van der Waals surface area contributed by atoms with Crippen LogP contribution in [0, 0.1) is 0 Å². The Morgan fingerprint density at radius 2 is 2.29 bits per heavy atom. The van der Waals surface area contributed by atoms with Crippen molar-refractivity contribution in [1.82, 2.24) is 15.1 Å². The molecular formula is C12H20N4O. The highest BCUT2D eigenvalue weighted by molar-refractivity contribution is 5.77. The van der Waals surface area contributed by atoms with Crippen molar-refractivity contribution in [2.75, 3.05) is 0 Å². The van der Waals surface area contributed by atoms with E-state index in [-0.39, 0.29) is 11.4 Å². The third kappa shape index (κ3) is 3.06. The lowest BCUT2D eigenvalue weighted by Gasteiger charge is -2.22. The summed E-state index contributed by atoms with van der Waals surface area (Å²) in [6.45, 7) is 0.519. The molecule has 1 aromatic rings. The highest BCUT2D eigenvalue weighted by Crippen LogP contribution is 2.29. The lowest BCUT2D eigenvalue weighted by atomic mass is 9.94. The maximum absolute atomic E-state index is 11.8. The quantitative estimate of drug-likeness (QED) is 0.808. The lowest BCUT2D eigenvalue weighted by Crippen LogP contribution is -2.42. The Bertz CT molecular complexity index is 393. The zero-order chi connectivity index (χ0) is 12.3. The Morgan fingerprint density at radius 1 is 1.59 bits per heavy atom. The molecule has 1 aromatic heterocycles. The SMILES string of the molecule is Cn1nccc1CNC(=O)CC1(N)CCCC1. The van der Waals surface area contributed by atoms with Gasteiger partial charge < -0.3 is 11.1 Å². The van der Waals surface area contributed by atoms with Crippen LogP contribution in [0.15, 0.2) is 12.3 Å². The molecule has 0 saturated heterocycles. The van der Waals surface area contributed by atoms with Gasteiger partial charge in [0.2, 0.25) is 5.91 Å². The van der Waals surface area contributed by atoms with E-state index in [1.54, 1.807) is 10.9 Å². The smallest absolute Gasteiger partial charge is 0.222 e. The normalized spacial score (nSPS) is 18.2. The number of hydrogen-bond acceptors (Lipinski definition) is 3. The Hall–Kier alpha value is -1.36. The summed E-state index contributed by atoms with van der Waals surface area (Å²) in [4.78, 5) is 11.8. The second-order valence-corrected chi connectivity index (χ2v) is 4.97. The molecule has 1 aliphatic rings. The molecule has 0 bridgehead atoms. The average molecular weight is 236 g/mol. The Balaban J connectivity index is 1.80. The highest BCUT2D eigenvalue weighted by atomic mass is 16.1. The van der Waals surface area contributed by atoms with Crippen molar-refractivity contribution < 1.29 is 4.79 Å². The van der Waals surface area contributed by atoms with Crippen LogP contribution < -0.4 is 11.1 Å². The van der Waals surface area contributed by atoms with Gasteiger partial charge in [-0.3, -0.25) is 9.48 Å². The number of aryl methyl sites for hydroxylation is 1. The minimum Gasteiger partial charge on any atom is -0.350 e. The second-order valence-electron chi connectivity index (χ2n) is 4.97. The van der Waals surface area contributed by atoms with Gasteiger partial charge in [0.05, 0.1) is 12.2 Å². The average Bonchev–Trinajstić information content (AvgIpc) is 2.85. The van der Waals surface area contributed by atoms with E-state index in [0.717, 1.165) is 31.4 Å². The molecule has 0 spiro atoms. The maximum atomic E-state index is 11.8. The first-order valence-corrected chi connectivity index (χ1v) is 6.12. The molecule has 0 atom stereocenters. The fraction of sp³-hybridized carbons (Fsp3) is 0.667. The third-order valence-electron chi connectivity index (χ3n) is 3.50. The number of hydrogen-bond donors (Lipinski definition) is 2. The predicted octanol–water partition coefficient (Wildman–Crippen LogP) is 0.698. The monoisotopic (exact) mass is 236 g/mol. The van der Waals surface area contributed by atoms with Gasteiger partial charge >= 0.3 is 0 Å². The fourth-order valence-corrected chi connectivity index (χ4v) is 2.40. The van der Waals surface area contributed by atoms with Crippen LogP contribution in [0.4, 0.5) is 0 Å². The Morgan fingerprint density at radius 3 is 2.88 bits per heavy atom. The standard InChI is InChI=1S/C12H20N4O/c1-16-10(4-7-15-16)9-14-11(17)8-12(13)5-2-3-6-12/h4,7H,2-3,5-6,8-9,13H2,1H3,(H,14,17). The van der Waals surface area contributed by atoms with E-state index in [1.165, 1.54) is 0 Å². The minimum absolute atomic E-state index is 0.0376. The summed E-state index contributed by atoms with van der Waals surface area (Å²) in [5, 5.41) is 6.95. The van der Waals surface area contributed by atoms with Crippen molar-refractivity contribution in [3.8, 4) is 0 Å². The van der Waals surface area contributed by atoms with E-state index in [9.17, 15) is 4.79 Å². The van der Waals surface area contributed by atoms with Crippen LogP contribution in [0.25, 0.3) is 0 Å². The zero-order valence-electron chi connectivity index (χ0n) is 10.3. The largest absolute Gasteiger partial charge is 0.350 e. The number of amides is 1.